The zero-order valence-corrected chi connectivity index (χ0v) is 13.6. The maximum Gasteiger partial charge on any atom is 0.230 e. The van der Waals surface area contributed by atoms with Crippen LogP contribution in [0.4, 0.5) is 15.2 Å². The maximum absolute atomic E-state index is 12.9. The number of rotatable bonds is 4. The first kappa shape index (κ1) is 16.1. The summed E-state index contributed by atoms with van der Waals surface area (Å²) in [4.78, 5) is 27.5. The molecule has 3 rings (SSSR count). The smallest absolute Gasteiger partial charge is 0.230 e. The van der Waals surface area contributed by atoms with Crippen molar-refractivity contribution in [2.45, 2.75) is 13.3 Å². The second-order valence-corrected chi connectivity index (χ2v) is 6.26. The van der Waals surface area contributed by atoms with Gasteiger partial charge in [0.05, 0.1) is 16.6 Å². The summed E-state index contributed by atoms with van der Waals surface area (Å²) < 4.78 is 13.7. The first-order chi connectivity index (χ1) is 11.5. The largest absolute Gasteiger partial charge is 0.326 e. The first-order valence-corrected chi connectivity index (χ1v) is 8.04. The number of halogens is 1. The van der Waals surface area contributed by atoms with E-state index in [2.05, 4.69) is 15.6 Å². The number of aromatic nitrogens is 1. The number of carbonyl (C=O) groups excluding carboxylic acids is 2. The van der Waals surface area contributed by atoms with Gasteiger partial charge in [-0.15, -0.1) is 0 Å². The van der Waals surface area contributed by atoms with E-state index >= 15 is 0 Å². The minimum absolute atomic E-state index is 0.146. The van der Waals surface area contributed by atoms with Crippen LogP contribution in [0.15, 0.2) is 42.5 Å². The zero-order valence-electron chi connectivity index (χ0n) is 12.8. The average molecular weight is 343 g/mol. The van der Waals surface area contributed by atoms with Gasteiger partial charge in [-0.1, -0.05) is 23.5 Å². The minimum Gasteiger partial charge on any atom is -0.326 e. The van der Waals surface area contributed by atoms with Crippen molar-refractivity contribution in [1.82, 2.24) is 4.98 Å². The predicted molar refractivity (Wildman–Crippen MR) is 92.7 cm³/mol. The number of carbonyl (C=O) groups is 2. The van der Waals surface area contributed by atoms with E-state index < -0.39 is 0 Å². The Morgan fingerprint density at radius 2 is 1.88 bits per heavy atom. The molecule has 2 amide bonds. The third kappa shape index (κ3) is 3.94. The van der Waals surface area contributed by atoms with Gasteiger partial charge < -0.3 is 10.6 Å². The van der Waals surface area contributed by atoms with Gasteiger partial charge in [0.2, 0.25) is 11.8 Å². The van der Waals surface area contributed by atoms with Crippen LogP contribution in [-0.4, -0.2) is 16.8 Å². The molecular formula is C17H14FN3O2S. The molecule has 0 fully saturated rings. The Morgan fingerprint density at radius 3 is 2.58 bits per heavy atom. The highest BCUT2D eigenvalue weighted by Gasteiger charge is 2.09. The van der Waals surface area contributed by atoms with E-state index in [1.165, 1.54) is 30.4 Å². The van der Waals surface area contributed by atoms with Crippen molar-refractivity contribution in [3.63, 3.8) is 0 Å². The Bertz CT molecular complexity index is 906. The topological polar surface area (TPSA) is 71.1 Å². The summed E-state index contributed by atoms with van der Waals surface area (Å²) in [5.41, 5.74) is 2.15. The van der Waals surface area contributed by atoms with Gasteiger partial charge in [0.1, 0.15) is 5.82 Å². The van der Waals surface area contributed by atoms with E-state index in [9.17, 15) is 14.0 Å². The van der Waals surface area contributed by atoms with Crippen molar-refractivity contribution in [1.29, 1.82) is 0 Å². The van der Waals surface area contributed by atoms with Gasteiger partial charge in [-0.05, 0) is 35.9 Å². The standard InChI is InChI=1S/C17H14FN3O2S/c1-10(22)19-13-6-7-14-15(9-13)24-17(20-14)21-16(23)8-11-2-4-12(18)5-3-11/h2-7,9H,8H2,1H3,(H,19,22)(H,20,21,23). The zero-order chi connectivity index (χ0) is 17.1. The van der Waals surface area contributed by atoms with Gasteiger partial charge in [0.15, 0.2) is 5.13 Å². The molecule has 0 aliphatic carbocycles. The fourth-order valence-electron chi connectivity index (χ4n) is 2.21. The minimum atomic E-state index is -0.333. The molecule has 122 valence electrons. The molecule has 5 nitrogen and oxygen atoms in total. The molecule has 0 bridgehead atoms. The molecule has 0 aliphatic rings. The highest BCUT2D eigenvalue weighted by molar-refractivity contribution is 7.22. The summed E-state index contributed by atoms with van der Waals surface area (Å²) in [6.07, 6.45) is 0.146. The molecule has 7 heteroatoms. The van der Waals surface area contributed by atoms with Crippen molar-refractivity contribution in [2.24, 2.45) is 0 Å². The second kappa shape index (κ2) is 6.76. The average Bonchev–Trinajstić information content (AvgIpc) is 2.90. The van der Waals surface area contributed by atoms with E-state index in [1.807, 2.05) is 6.07 Å². The molecule has 0 spiro atoms. The lowest BCUT2D eigenvalue weighted by atomic mass is 10.1. The Balaban J connectivity index is 1.71. The van der Waals surface area contributed by atoms with Crippen molar-refractivity contribution in [2.75, 3.05) is 10.6 Å². The lowest BCUT2D eigenvalue weighted by Gasteiger charge is -2.01. The molecule has 1 aromatic heterocycles. The lowest BCUT2D eigenvalue weighted by Crippen LogP contribution is -2.14. The van der Waals surface area contributed by atoms with Crippen LogP contribution in [0, 0.1) is 5.82 Å². The van der Waals surface area contributed by atoms with Crippen LogP contribution < -0.4 is 10.6 Å². The lowest BCUT2D eigenvalue weighted by molar-refractivity contribution is -0.116. The van der Waals surface area contributed by atoms with Gasteiger partial charge in [0.25, 0.3) is 0 Å². The van der Waals surface area contributed by atoms with Gasteiger partial charge >= 0.3 is 0 Å². The third-order valence-electron chi connectivity index (χ3n) is 3.23. The Labute approximate surface area is 141 Å². The van der Waals surface area contributed by atoms with Crippen LogP contribution in [-0.2, 0) is 16.0 Å². The van der Waals surface area contributed by atoms with Crippen molar-refractivity contribution < 1.29 is 14.0 Å². The number of nitrogens with one attached hydrogen (secondary N) is 2. The molecule has 0 radical (unpaired) electrons. The Morgan fingerprint density at radius 1 is 1.12 bits per heavy atom. The van der Waals surface area contributed by atoms with E-state index in [0.717, 1.165) is 15.8 Å². The molecule has 24 heavy (non-hydrogen) atoms. The molecule has 2 aromatic carbocycles. The van der Waals surface area contributed by atoms with E-state index in [-0.39, 0.29) is 24.1 Å². The van der Waals surface area contributed by atoms with Crippen LogP contribution >= 0.6 is 11.3 Å². The highest BCUT2D eigenvalue weighted by atomic mass is 32.1. The van der Waals surface area contributed by atoms with Crippen molar-refractivity contribution in [3.05, 3.63) is 53.8 Å². The Hall–Kier alpha value is -2.80. The van der Waals surface area contributed by atoms with Crippen molar-refractivity contribution in [3.8, 4) is 0 Å². The van der Waals surface area contributed by atoms with Gasteiger partial charge in [0, 0.05) is 12.6 Å². The van der Waals surface area contributed by atoms with Crippen LogP contribution in [0.1, 0.15) is 12.5 Å². The molecule has 0 aliphatic heterocycles. The number of fused-ring (bicyclic) bond motifs is 1. The van der Waals surface area contributed by atoms with Gasteiger partial charge in [-0.2, -0.15) is 0 Å². The molecule has 0 atom stereocenters. The SMILES string of the molecule is CC(=O)Nc1ccc2nc(NC(=O)Cc3ccc(F)cc3)sc2c1. The Kier molecular flexibility index (Phi) is 4.52. The van der Waals surface area contributed by atoms with E-state index in [0.29, 0.717) is 10.8 Å². The maximum atomic E-state index is 12.9. The van der Waals surface area contributed by atoms with Gasteiger partial charge in [-0.25, -0.2) is 9.37 Å². The van der Waals surface area contributed by atoms with E-state index in [4.69, 9.17) is 0 Å². The van der Waals surface area contributed by atoms with Crippen LogP contribution in [0.2, 0.25) is 0 Å². The summed E-state index contributed by atoms with van der Waals surface area (Å²) in [5.74, 6) is -0.699. The molecule has 0 unspecified atom stereocenters. The third-order valence-corrected chi connectivity index (χ3v) is 4.17. The van der Waals surface area contributed by atoms with Crippen LogP contribution in [0.3, 0.4) is 0 Å². The van der Waals surface area contributed by atoms with Crippen LogP contribution in [0.5, 0.6) is 0 Å². The number of hydrogen-bond acceptors (Lipinski definition) is 4. The van der Waals surface area contributed by atoms with E-state index in [1.54, 1.807) is 24.3 Å². The summed E-state index contributed by atoms with van der Waals surface area (Å²) in [6, 6.07) is 11.2. The number of nitrogens with zero attached hydrogens (tertiary/aromatic N) is 1. The van der Waals surface area contributed by atoms with Crippen LogP contribution in [0.25, 0.3) is 10.2 Å². The summed E-state index contributed by atoms with van der Waals surface area (Å²) in [5, 5.41) is 5.93. The number of anilines is 2. The van der Waals surface area contributed by atoms with Crippen molar-refractivity contribution >= 4 is 44.2 Å². The number of amides is 2. The quantitative estimate of drug-likeness (QED) is 0.761. The number of thiazole rings is 1. The second-order valence-electron chi connectivity index (χ2n) is 5.23. The molecular weight excluding hydrogens is 329 g/mol. The van der Waals surface area contributed by atoms with Gasteiger partial charge in [-0.3, -0.25) is 9.59 Å². The summed E-state index contributed by atoms with van der Waals surface area (Å²) >= 11 is 1.33. The predicted octanol–water partition coefficient (Wildman–Crippen LogP) is 3.58. The molecule has 3 aromatic rings. The monoisotopic (exact) mass is 343 g/mol. The normalized spacial score (nSPS) is 10.6. The molecule has 2 N–H and O–H groups in total. The summed E-state index contributed by atoms with van der Waals surface area (Å²) in [6.45, 7) is 1.44. The molecule has 1 heterocycles. The fourth-order valence-corrected chi connectivity index (χ4v) is 3.13. The molecule has 0 saturated carbocycles. The molecule has 0 saturated heterocycles. The number of benzene rings is 2. The first-order valence-electron chi connectivity index (χ1n) is 7.22. The summed E-state index contributed by atoms with van der Waals surface area (Å²) in [7, 11) is 0. The number of hydrogen-bond donors (Lipinski definition) is 2. The highest BCUT2D eigenvalue weighted by Crippen LogP contribution is 2.28. The fraction of sp³-hybridized carbons (Fsp3) is 0.118.